The highest BCUT2D eigenvalue weighted by molar-refractivity contribution is 7.99. The molecule has 0 aliphatic heterocycles. The van der Waals surface area contributed by atoms with E-state index in [1.54, 1.807) is 28.6 Å². The number of aromatic nitrogens is 4. The Hall–Kier alpha value is -2.49. The van der Waals surface area contributed by atoms with E-state index in [9.17, 15) is 0 Å². The second kappa shape index (κ2) is 13.9. The standard InChI is InChI=1S/C26H26Cl3N5O2S/c1-2-35-24-14-18(13-23(29)25(24)36-17-19-9-10-20(27)15-22(19)28)16-30-11-6-12-37-26-31-32-33-34(26)21-7-4-3-5-8-21/h3-5,7-10,13-15,30H,2,6,11-12,16-17H2,1H3. The van der Waals surface area contributed by atoms with Crippen LogP contribution in [0.2, 0.25) is 15.1 Å². The predicted octanol–water partition coefficient (Wildman–Crippen LogP) is 6.87. The van der Waals surface area contributed by atoms with Crippen molar-refractivity contribution in [3.8, 4) is 17.2 Å². The first-order valence-corrected chi connectivity index (χ1v) is 13.9. The lowest BCUT2D eigenvalue weighted by molar-refractivity contribution is 0.269. The van der Waals surface area contributed by atoms with Gasteiger partial charge in [0.05, 0.1) is 17.3 Å². The lowest BCUT2D eigenvalue weighted by Crippen LogP contribution is -2.15. The number of benzene rings is 3. The van der Waals surface area contributed by atoms with Crippen LogP contribution in [0.5, 0.6) is 11.5 Å². The van der Waals surface area contributed by atoms with Gasteiger partial charge >= 0.3 is 0 Å². The molecule has 37 heavy (non-hydrogen) atoms. The summed E-state index contributed by atoms with van der Waals surface area (Å²) in [7, 11) is 0. The fourth-order valence-electron chi connectivity index (χ4n) is 3.51. The van der Waals surface area contributed by atoms with Crippen molar-refractivity contribution in [1.29, 1.82) is 0 Å². The summed E-state index contributed by atoms with van der Waals surface area (Å²) in [6, 6.07) is 19.0. The molecular formula is C26H26Cl3N5O2S. The second-order valence-corrected chi connectivity index (χ2v) is 10.3. The molecule has 0 unspecified atom stereocenters. The van der Waals surface area contributed by atoms with Gasteiger partial charge in [0.15, 0.2) is 11.5 Å². The van der Waals surface area contributed by atoms with Crippen LogP contribution in [0.3, 0.4) is 0 Å². The van der Waals surface area contributed by atoms with Gasteiger partial charge in [0.1, 0.15) is 6.61 Å². The van der Waals surface area contributed by atoms with Crippen molar-refractivity contribution < 1.29 is 9.47 Å². The Balaban J connectivity index is 1.27. The van der Waals surface area contributed by atoms with Crippen LogP contribution in [0, 0.1) is 0 Å². The average molecular weight is 579 g/mol. The molecule has 0 amide bonds. The molecule has 1 aromatic heterocycles. The zero-order valence-corrected chi connectivity index (χ0v) is 23.2. The monoisotopic (exact) mass is 577 g/mol. The van der Waals surface area contributed by atoms with Crippen LogP contribution in [0.25, 0.3) is 5.69 Å². The van der Waals surface area contributed by atoms with Crippen LogP contribution in [0.4, 0.5) is 0 Å². The molecule has 1 N–H and O–H groups in total. The van der Waals surface area contributed by atoms with Crippen molar-refractivity contribution in [3.05, 3.63) is 86.9 Å². The van der Waals surface area contributed by atoms with Crippen LogP contribution in [-0.4, -0.2) is 39.1 Å². The molecule has 0 atom stereocenters. The van der Waals surface area contributed by atoms with Crippen molar-refractivity contribution in [2.75, 3.05) is 18.9 Å². The van der Waals surface area contributed by atoms with Crippen LogP contribution in [0.1, 0.15) is 24.5 Å². The van der Waals surface area contributed by atoms with Gasteiger partial charge in [0.25, 0.3) is 0 Å². The van der Waals surface area contributed by atoms with E-state index in [0.717, 1.165) is 40.7 Å². The van der Waals surface area contributed by atoms with Crippen LogP contribution >= 0.6 is 46.6 Å². The largest absolute Gasteiger partial charge is 0.490 e. The molecule has 0 radical (unpaired) electrons. The maximum Gasteiger partial charge on any atom is 0.214 e. The molecular weight excluding hydrogens is 553 g/mol. The Kier molecular flexibility index (Phi) is 10.3. The predicted molar refractivity (Wildman–Crippen MR) is 150 cm³/mol. The van der Waals surface area contributed by atoms with E-state index in [0.29, 0.717) is 39.7 Å². The molecule has 3 aromatic carbocycles. The van der Waals surface area contributed by atoms with Gasteiger partial charge < -0.3 is 14.8 Å². The number of rotatable bonds is 13. The molecule has 4 aromatic rings. The molecule has 11 heteroatoms. The number of halogens is 3. The molecule has 0 aliphatic carbocycles. The number of ether oxygens (including phenoxy) is 2. The van der Waals surface area contributed by atoms with Crippen molar-refractivity contribution in [2.24, 2.45) is 0 Å². The molecule has 194 valence electrons. The fraction of sp³-hybridized carbons (Fsp3) is 0.269. The molecule has 0 bridgehead atoms. The zero-order valence-electron chi connectivity index (χ0n) is 20.2. The van der Waals surface area contributed by atoms with E-state index < -0.39 is 0 Å². The van der Waals surface area contributed by atoms with E-state index >= 15 is 0 Å². The number of thioether (sulfide) groups is 1. The quantitative estimate of drug-likeness (QED) is 0.137. The highest BCUT2D eigenvalue weighted by atomic mass is 35.5. The Morgan fingerprint density at radius 3 is 2.59 bits per heavy atom. The number of nitrogens with zero attached hydrogens (tertiary/aromatic N) is 4. The van der Waals surface area contributed by atoms with E-state index in [1.165, 1.54) is 0 Å². The van der Waals surface area contributed by atoms with Crippen molar-refractivity contribution >= 4 is 46.6 Å². The van der Waals surface area contributed by atoms with Crippen LogP contribution in [0.15, 0.2) is 65.8 Å². The van der Waals surface area contributed by atoms with Gasteiger partial charge in [-0.2, -0.15) is 4.68 Å². The summed E-state index contributed by atoms with van der Waals surface area (Å²) in [6.45, 7) is 4.14. The zero-order chi connectivity index (χ0) is 26.0. The van der Waals surface area contributed by atoms with E-state index in [2.05, 4.69) is 20.8 Å². The Morgan fingerprint density at radius 2 is 1.81 bits per heavy atom. The normalized spacial score (nSPS) is 11.0. The summed E-state index contributed by atoms with van der Waals surface area (Å²) in [6.07, 6.45) is 0.946. The first-order valence-electron chi connectivity index (χ1n) is 11.7. The first-order chi connectivity index (χ1) is 18.0. The summed E-state index contributed by atoms with van der Waals surface area (Å²) < 4.78 is 13.6. The number of hydrogen-bond donors (Lipinski definition) is 1. The lowest BCUT2D eigenvalue weighted by atomic mass is 10.2. The Bertz CT molecular complexity index is 1310. The molecule has 0 aliphatic rings. The van der Waals surface area contributed by atoms with Crippen LogP contribution < -0.4 is 14.8 Å². The molecule has 7 nitrogen and oxygen atoms in total. The summed E-state index contributed by atoms with van der Waals surface area (Å²) in [5, 5.41) is 17.9. The summed E-state index contributed by atoms with van der Waals surface area (Å²) in [5.74, 6) is 1.97. The molecule has 0 saturated heterocycles. The second-order valence-electron chi connectivity index (χ2n) is 7.95. The van der Waals surface area contributed by atoms with Crippen molar-refractivity contribution in [2.45, 2.75) is 31.7 Å². The van der Waals surface area contributed by atoms with E-state index in [4.69, 9.17) is 44.3 Å². The van der Waals surface area contributed by atoms with Gasteiger partial charge in [0, 0.05) is 27.9 Å². The maximum absolute atomic E-state index is 6.58. The van der Waals surface area contributed by atoms with E-state index in [1.807, 2.05) is 55.5 Å². The molecule has 0 spiro atoms. The summed E-state index contributed by atoms with van der Waals surface area (Å²) >= 11 is 20.5. The minimum absolute atomic E-state index is 0.249. The first kappa shape index (κ1) is 27.5. The van der Waals surface area contributed by atoms with Crippen molar-refractivity contribution in [3.63, 3.8) is 0 Å². The fourth-order valence-corrected chi connectivity index (χ4v) is 5.09. The molecule has 4 rings (SSSR count). The smallest absolute Gasteiger partial charge is 0.214 e. The third kappa shape index (κ3) is 7.75. The highest BCUT2D eigenvalue weighted by Gasteiger charge is 2.14. The van der Waals surface area contributed by atoms with Gasteiger partial charge in [-0.05, 0) is 72.3 Å². The Morgan fingerprint density at radius 1 is 0.973 bits per heavy atom. The summed E-state index contributed by atoms with van der Waals surface area (Å²) in [4.78, 5) is 0. The maximum atomic E-state index is 6.58. The number of para-hydroxylation sites is 1. The average Bonchev–Trinajstić information content (AvgIpc) is 3.36. The van der Waals surface area contributed by atoms with Gasteiger partial charge in [0.2, 0.25) is 5.16 Å². The molecule has 0 fully saturated rings. The third-order valence-electron chi connectivity index (χ3n) is 5.26. The SMILES string of the molecule is CCOc1cc(CNCCCSc2nnnn2-c2ccccc2)cc(Cl)c1OCc1ccc(Cl)cc1Cl. The number of hydrogen-bond acceptors (Lipinski definition) is 7. The number of tetrazole rings is 1. The highest BCUT2D eigenvalue weighted by Crippen LogP contribution is 2.37. The third-order valence-corrected chi connectivity index (χ3v) is 7.13. The lowest BCUT2D eigenvalue weighted by Gasteiger charge is -2.16. The minimum Gasteiger partial charge on any atom is -0.490 e. The van der Waals surface area contributed by atoms with Gasteiger partial charge in [-0.1, -0.05) is 70.8 Å². The molecule has 1 heterocycles. The molecule has 0 saturated carbocycles. The van der Waals surface area contributed by atoms with Gasteiger partial charge in [-0.15, -0.1) is 5.10 Å². The topological polar surface area (TPSA) is 74.1 Å². The minimum atomic E-state index is 0.249. The van der Waals surface area contributed by atoms with Gasteiger partial charge in [-0.3, -0.25) is 0 Å². The number of nitrogens with one attached hydrogen (secondary N) is 1. The Labute approximate surface area is 235 Å². The van der Waals surface area contributed by atoms with Crippen LogP contribution in [-0.2, 0) is 13.2 Å². The summed E-state index contributed by atoms with van der Waals surface area (Å²) in [5.41, 5.74) is 2.76. The van der Waals surface area contributed by atoms with Gasteiger partial charge in [-0.25, -0.2) is 0 Å². The van der Waals surface area contributed by atoms with Crippen molar-refractivity contribution in [1.82, 2.24) is 25.5 Å². The van der Waals surface area contributed by atoms with E-state index in [-0.39, 0.29) is 6.61 Å².